The summed E-state index contributed by atoms with van der Waals surface area (Å²) in [7, 11) is -7.16. The molecule has 0 radical (unpaired) electrons. The minimum absolute atomic E-state index is 0.0206. The summed E-state index contributed by atoms with van der Waals surface area (Å²) in [5.41, 5.74) is 0. The number of hydrogen-bond donors (Lipinski definition) is 1. The molecule has 0 aromatic heterocycles. The molecule has 1 N–H and O–H groups in total. The number of piperazine rings is 1. The smallest absolute Gasteiger partial charge is 0.243 e. The zero-order valence-electron chi connectivity index (χ0n) is 15.3. The van der Waals surface area contributed by atoms with E-state index in [4.69, 9.17) is 0 Å². The van der Waals surface area contributed by atoms with Gasteiger partial charge >= 0.3 is 0 Å². The molecule has 1 aliphatic heterocycles. The number of benzene rings is 1. The van der Waals surface area contributed by atoms with E-state index in [1.54, 1.807) is 30.3 Å². The fourth-order valence-corrected chi connectivity index (χ4v) is 5.96. The van der Waals surface area contributed by atoms with Gasteiger partial charge in [0, 0.05) is 39.3 Å². The molecule has 0 atom stereocenters. The first kappa shape index (κ1) is 21.3. The predicted octanol–water partition coefficient (Wildman–Crippen LogP) is 1.10. The van der Waals surface area contributed by atoms with Gasteiger partial charge in [0.15, 0.2) is 0 Å². The molecule has 0 saturated carbocycles. The third-order valence-corrected chi connectivity index (χ3v) is 8.22. The Kier molecular flexibility index (Phi) is 8.03. The maximum absolute atomic E-state index is 12.9. The highest BCUT2D eigenvalue weighted by molar-refractivity contribution is 7.90. The minimum atomic E-state index is -3.70. The summed E-state index contributed by atoms with van der Waals surface area (Å²) in [6.07, 6.45) is 2.60. The molecule has 1 aliphatic rings. The minimum Gasteiger partial charge on any atom is -0.314 e. The molecule has 0 spiro atoms. The largest absolute Gasteiger partial charge is 0.314 e. The molecule has 1 saturated heterocycles. The van der Waals surface area contributed by atoms with E-state index in [2.05, 4.69) is 5.32 Å². The average Bonchev–Trinajstić information content (AvgIpc) is 2.66. The maximum atomic E-state index is 12.9. The van der Waals surface area contributed by atoms with Gasteiger partial charge in [0.05, 0.1) is 10.6 Å². The van der Waals surface area contributed by atoms with Gasteiger partial charge in [-0.25, -0.2) is 16.8 Å². The number of rotatable bonds is 10. The number of unbranched alkanes of at least 4 members (excludes halogenated alkanes) is 2. The molecular weight excluding hydrogens is 374 g/mol. The quantitative estimate of drug-likeness (QED) is 0.591. The van der Waals surface area contributed by atoms with E-state index in [-0.39, 0.29) is 17.2 Å². The van der Waals surface area contributed by atoms with Crippen LogP contribution in [0.5, 0.6) is 0 Å². The molecule has 26 heavy (non-hydrogen) atoms. The lowest BCUT2D eigenvalue weighted by molar-refractivity contribution is 0.355. The van der Waals surface area contributed by atoms with Gasteiger partial charge in [-0.2, -0.15) is 8.61 Å². The first-order valence-corrected chi connectivity index (χ1v) is 12.2. The van der Waals surface area contributed by atoms with Gasteiger partial charge in [-0.1, -0.05) is 38.0 Å². The maximum Gasteiger partial charge on any atom is 0.243 e. The van der Waals surface area contributed by atoms with Crippen LogP contribution < -0.4 is 5.32 Å². The number of sulfonamides is 2. The van der Waals surface area contributed by atoms with Crippen LogP contribution in [0.1, 0.15) is 26.2 Å². The molecule has 0 unspecified atom stereocenters. The van der Waals surface area contributed by atoms with Gasteiger partial charge in [0.1, 0.15) is 0 Å². The first-order chi connectivity index (χ1) is 12.4. The van der Waals surface area contributed by atoms with Crippen molar-refractivity contribution in [2.75, 3.05) is 45.0 Å². The standard InChI is InChI=1S/C17H29N3O4S2/c1-2-3-7-12-20(26(23,24)17-8-5-4-6-9-17)15-16-25(21,22)19-13-10-18-11-14-19/h4-6,8-9,18H,2-3,7,10-16H2,1H3. The van der Waals surface area contributed by atoms with E-state index in [1.807, 2.05) is 6.92 Å². The van der Waals surface area contributed by atoms with Crippen LogP contribution in [0, 0.1) is 0 Å². The van der Waals surface area contributed by atoms with Gasteiger partial charge in [-0.05, 0) is 18.6 Å². The Morgan fingerprint density at radius 2 is 1.65 bits per heavy atom. The van der Waals surface area contributed by atoms with Gasteiger partial charge in [0.25, 0.3) is 0 Å². The molecule has 9 heteroatoms. The Labute approximate surface area is 157 Å². The van der Waals surface area contributed by atoms with Crippen LogP contribution >= 0.6 is 0 Å². The van der Waals surface area contributed by atoms with Crippen molar-refractivity contribution in [3.05, 3.63) is 30.3 Å². The Bertz CT molecular complexity index is 745. The zero-order chi connectivity index (χ0) is 19.0. The van der Waals surface area contributed by atoms with Crippen molar-refractivity contribution in [3.8, 4) is 0 Å². The second-order valence-electron chi connectivity index (χ2n) is 6.39. The lowest BCUT2D eigenvalue weighted by atomic mass is 10.2. The SMILES string of the molecule is CCCCCN(CCS(=O)(=O)N1CCNCC1)S(=O)(=O)c1ccccc1. The summed E-state index contributed by atoms with van der Waals surface area (Å²) in [5.74, 6) is -0.189. The van der Waals surface area contributed by atoms with Crippen molar-refractivity contribution in [2.45, 2.75) is 31.1 Å². The Balaban J connectivity index is 2.11. The fraction of sp³-hybridized carbons (Fsp3) is 0.647. The second kappa shape index (κ2) is 9.80. The molecule has 1 aromatic rings. The van der Waals surface area contributed by atoms with Crippen LogP contribution in [-0.4, -0.2) is 70.5 Å². The monoisotopic (exact) mass is 403 g/mol. The Morgan fingerprint density at radius 3 is 2.27 bits per heavy atom. The molecular formula is C17H29N3O4S2. The lowest BCUT2D eigenvalue weighted by Crippen LogP contribution is -2.48. The van der Waals surface area contributed by atoms with Crippen LogP contribution in [0.4, 0.5) is 0 Å². The van der Waals surface area contributed by atoms with Crippen molar-refractivity contribution in [1.82, 2.24) is 13.9 Å². The predicted molar refractivity (Wildman–Crippen MR) is 103 cm³/mol. The molecule has 0 bridgehead atoms. The number of nitrogens with zero attached hydrogens (tertiary/aromatic N) is 2. The van der Waals surface area contributed by atoms with Crippen LogP contribution in [0.2, 0.25) is 0 Å². The summed E-state index contributed by atoms with van der Waals surface area (Å²) >= 11 is 0. The van der Waals surface area contributed by atoms with Crippen molar-refractivity contribution in [1.29, 1.82) is 0 Å². The zero-order valence-corrected chi connectivity index (χ0v) is 16.9. The van der Waals surface area contributed by atoms with Crippen LogP contribution in [0.3, 0.4) is 0 Å². The molecule has 1 fully saturated rings. The fourth-order valence-electron chi connectivity index (χ4n) is 2.90. The van der Waals surface area contributed by atoms with E-state index >= 15 is 0 Å². The normalized spacial score (nSPS) is 16.8. The van der Waals surface area contributed by atoms with E-state index in [1.165, 1.54) is 8.61 Å². The lowest BCUT2D eigenvalue weighted by Gasteiger charge is -2.28. The third kappa shape index (κ3) is 5.75. The summed E-state index contributed by atoms with van der Waals surface area (Å²) in [4.78, 5) is 0.205. The van der Waals surface area contributed by atoms with E-state index < -0.39 is 20.0 Å². The highest BCUT2D eigenvalue weighted by atomic mass is 32.2. The number of nitrogens with one attached hydrogen (secondary N) is 1. The Morgan fingerprint density at radius 1 is 1.00 bits per heavy atom. The highest BCUT2D eigenvalue weighted by Gasteiger charge is 2.28. The molecule has 2 rings (SSSR count). The van der Waals surface area contributed by atoms with Crippen molar-refractivity contribution >= 4 is 20.0 Å². The summed E-state index contributed by atoms with van der Waals surface area (Å²) < 4.78 is 53.7. The van der Waals surface area contributed by atoms with Gasteiger partial charge in [-0.15, -0.1) is 0 Å². The molecule has 7 nitrogen and oxygen atoms in total. The molecule has 148 valence electrons. The first-order valence-electron chi connectivity index (χ1n) is 9.11. The van der Waals surface area contributed by atoms with E-state index in [0.29, 0.717) is 32.7 Å². The van der Waals surface area contributed by atoms with E-state index in [0.717, 1.165) is 19.3 Å². The van der Waals surface area contributed by atoms with Crippen molar-refractivity contribution < 1.29 is 16.8 Å². The summed E-state index contributed by atoms with van der Waals surface area (Å²) in [6.45, 7) is 4.48. The van der Waals surface area contributed by atoms with Crippen molar-refractivity contribution in [2.24, 2.45) is 0 Å². The average molecular weight is 404 g/mol. The van der Waals surface area contributed by atoms with Crippen LogP contribution in [0.25, 0.3) is 0 Å². The van der Waals surface area contributed by atoms with Gasteiger partial charge < -0.3 is 5.32 Å². The van der Waals surface area contributed by atoms with Gasteiger partial charge in [-0.3, -0.25) is 0 Å². The highest BCUT2D eigenvalue weighted by Crippen LogP contribution is 2.17. The summed E-state index contributed by atoms with van der Waals surface area (Å²) in [5, 5.41) is 3.12. The molecule has 0 aliphatic carbocycles. The topological polar surface area (TPSA) is 86.8 Å². The molecule has 0 amide bonds. The summed E-state index contributed by atoms with van der Waals surface area (Å²) in [6, 6.07) is 8.21. The van der Waals surface area contributed by atoms with Crippen LogP contribution in [0.15, 0.2) is 35.2 Å². The van der Waals surface area contributed by atoms with Crippen LogP contribution in [-0.2, 0) is 20.0 Å². The third-order valence-electron chi connectivity index (χ3n) is 4.46. The number of hydrogen-bond acceptors (Lipinski definition) is 5. The molecule has 1 heterocycles. The second-order valence-corrected chi connectivity index (χ2v) is 10.4. The molecule has 1 aromatic carbocycles. The van der Waals surface area contributed by atoms with E-state index in [9.17, 15) is 16.8 Å². The Hall–Kier alpha value is -1.00. The van der Waals surface area contributed by atoms with Gasteiger partial charge in [0.2, 0.25) is 20.0 Å². The van der Waals surface area contributed by atoms with Crippen molar-refractivity contribution in [3.63, 3.8) is 0 Å².